The molecule has 0 saturated carbocycles. The third kappa shape index (κ3) is 2.37. The van der Waals surface area contributed by atoms with Crippen molar-refractivity contribution in [1.82, 2.24) is 4.90 Å². The third-order valence-corrected chi connectivity index (χ3v) is 2.08. The highest BCUT2D eigenvalue weighted by Gasteiger charge is 2.23. The quantitative estimate of drug-likeness (QED) is 0.566. The maximum absolute atomic E-state index is 11.1. The van der Waals surface area contributed by atoms with E-state index in [0.717, 1.165) is 6.42 Å². The van der Waals surface area contributed by atoms with E-state index in [1.54, 1.807) is 11.9 Å². The van der Waals surface area contributed by atoms with Gasteiger partial charge in [0, 0.05) is 12.6 Å². The zero-order chi connectivity index (χ0) is 9.07. The van der Waals surface area contributed by atoms with Crippen molar-refractivity contribution in [2.24, 2.45) is 0 Å². The fourth-order valence-corrected chi connectivity index (χ4v) is 0.640. The molecule has 1 amide bonds. The molecule has 0 rings (SSSR count). The van der Waals surface area contributed by atoms with E-state index < -0.39 is 0 Å². The predicted octanol–water partition coefficient (Wildman–Crippen LogP) is 1.63. The summed E-state index contributed by atoms with van der Waals surface area (Å²) in [6.07, 6.45) is 2.14. The van der Waals surface area contributed by atoms with Gasteiger partial charge in [-0.05, 0) is 26.3 Å². The molecule has 11 heavy (non-hydrogen) atoms. The van der Waals surface area contributed by atoms with Gasteiger partial charge >= 0.3 is 0 Å². The molecular weight excluding hydrogens is 138 g/mol. The number of nitrogens with zero attached hydrogens (tertiary/aromatic N) is 1. The monoisotopic (exact) mass is 154 g/mol. The number of hydrogen-bond donors (Lipinski definition) is 0. The van der Waals surface area contributed by atoms with Gasteiger partial charge < -0.3 is 4.90 Å². The number of likely N-dealkylation sites (N-methyl/N-ethyl adjacent to an activating group) is 1. The molecule has 0 bridgehead atoms. The van der Waals surface area contributed by atoms with Gasteiger partial charge in [-0.25, -0.2) is 0 Å². The van der Waals surface area contributed by atoms with Crippen LogP contribution in [0, 0.1) is 6.92 Å². The fourth-order valence-electron chi connectivity index (χ4n) is 0.640. The van der Waals surface area contributed by atoms with Crippen LogP contribution in [0.3, 0.4) is 0 Å². The largest absolute Gasteiger partial charge is 0.337 e. The molecule has 2 nitrogen and oxygen atoms in total. The van der Waals surface area contributed by atoms with Gasteiger partial charge in [-0.2, -0.15) is 0 Å². The Bertz CT molecular complexity index is 161. The average molecular weight is 154 g/mol. The standard InChI is InChI=1S/C9H16NO/c1-6-8(11)10(5)9(3,4)7-2/h6H,1,3,7H2,2,4-5H3. The zero-order valence-electron chi connectivity index (χ0n) is 7.55. The molecule has 0 saturated heterocycles. The topological polar surface area (TPSA) is 20.3 Å². The van der Waals surface area contributed by atoms with Crippen molar-refractivity contribution in [2.75, 3.05) is 7.05 Å². The Hall–Kier alpha value is -0.790. The third-order valence-electron chi connectivity index (χ3n) is 2.08. The van der Waals surface area contributed by atoms with E-state index in [1.165, 1.54) is 6.08 Å². The van der Waals surface area contributed by atoms with Crippen LogP contribution < -0.4 is 0 Å². The van der Waals surface area contributed by atoms with Gasteiger partial charge in [0.05, 0.1) is 0 Å². The molecule has 0 spiro atoms. The number of carbonyl (C=O) groups excluding carboxylic acids is 1. The summed E-state index contributed by atoms with van der Waals surface area (Å²) in [7, 11) is 1.74. The van der Waals surface area contributed by atoms with Crippen molar-refractivity contribution in [1.29, 1.82) is 0 Å². The van der Waals surface area contributed by atoms with Crippen LogP contribution in [0.2, 0.25) is 0 Å². The van der Waals surface area contributed by atoms with Crippen molar-refractivity contribution in [3.63, 3.8) is 0 Å². The molecule has 0 N–H and O–H groups in total. The lowest BCUT2D eigenvalue weighted by molar-refractivity contribution is -0.128. The smallest absolute Gasteiger partial charge is 0.246 e. The van der Waals surface area contributed by atoms with E-state index in [1.807, 2.05) is 13.8 Å². The fraction of sp³-hybridized carbons (Fsp3) is 0.556. The van der Waals surface area contributed by atoms with Gasteiger partial charge in [0.25, 0.3) is 0 Å². The minimum absolute atomic E-state index is 0.0793. The summed E-state index contributed by atoms with van der Waals surface area (Å²) < 4.78 is 0. The lowest BCUT2D eigenvalue weighted by Gasteiger charge is -2.33. The lowest BCUT2D eigenvalue weighted by Crippen LogP contribution is -2.43. The van der Waals surface area contributed by atoms with Crippen LogP contribution >= 0.6 is 0 Å². The zero-order valence-corrected chi connectivity index (χ0v) is 7.55. The second kappa shape index (κ2) is 3.56. The van der Waals surface area contributed by atoms with E-state index in [9.17, 15) is 4.79 Å². The van der Waals surface area contributed by atoms with Crippen LogP contribution in [0.5, 0.6) is 0 Å². The van der Waals surface area contributed by atoms with Crippen molar-refractivity contribution in [3.8, 4) is 0 Å². The number of rotatable bonds is 3. The summed E-state index contributed by atoms with van der Waals surface area (Å²) in [5.41, 5.74) is -0.314. The van der Waals surface area contributed by atoms with Gasteiger partial charge in [0.15, 0.2) is 0 Å². The molecule has 1 atom stereocenters. The van der Waals surface area contributed by atoms with Crippen molar-refractivity contribution < 1.29 is 4.79 Å². The van der Waals surface area contributed by atoms with Gasteiger partial charge in [0.2, 0.25) is 5.91 Å². The van der Waals surface area contributed by atoms with Crippen LogP contribution in [0.25, 0.3) is 0 Å². The molecule has 0 aromatic heterocycles. The first kappa shape index (κ1) is 10.2. The normalized spacial score (nSPS) is 10.9. The molecule has 0 aromatic rings. The molecule has 0 aromatic carbocycles. The average Bonchev–Trinajstić information content (AvgIpc) is 2.01. The number of amides is 1. The summed E-state index contributed by atoms with van der Waals surface area (Å²) in [6, 6.07) is 0. The molecule has 63 valence electrons. The highest BCUT2D eigenvalue weighted by Crippen LogP contribution is 2.15. The van der Waals surface area contributed by atoms with Crippen molar-refractivity contribution in [2.45, 2.75) is 25.8 Å². The molecule has 0 heterocycles. The summed E-state index contributed by atoms with van der Waals surface area (Å²) in [4.78, 5) is 12.7. The van der Waals surface area contributed by atoms with Crippen LogP contribution in [-0.2, 0) is 4.79 Å². The van der Waals surface area contributed by atoms with Crippen molar-refractivity contribution in [3.05, 3.63) is 19.6 Å². The van der Waals surface area contributed by atoms with Crippen LogP contribution in [0.15, 0.2) is 12.7 Å². The molecule has 1 radical (unpaired) electrons. The molecule has 0 aliphatic rings. The Labute approximate surface area is 68.9 Å². The van der Waals surface area contributed by atoms with Gasteiger partial charge in [-0.3, -0.25) is 4.79 Å². The lowest BCUT2D eigenvalue weighted by atomic mass is 10.00. The molecule has 2 heteroatoms. The highest BCUT2D eigenvalue weighted by molar-refractivity contribution is 5.87. The second-order valence-corrected chi connectivity index (χ2v) is 2.95. The Morgan fingerprint density at radius 2 is 2.18 bits per heavy atom. The Morgan fingerprint density at radius 3 is 2.45 bits per heavy atom. The first-order valence-electron chi connectivity index (χ1n) is 3.71. The minimum Gasteiger partial charge on any atom is -0.337 e. The van der Waals surface area contributed by atoms with Gasteiger partial charge in [-0.1, -0.05) is 13.5 Å². The summed E-state index contributed by atoms with van der Waals surface area (Å²) in [5.74, 6) is -0.0793. The molecule has 0 aliphatic heterocycles. The Balaban J connectivity index is 4.33. The van der Waals surface area contributed by atoms with E-state index in [2.05, 4.69) is 13.5 Å². The molecular formula is C9H16NO. The van der Waals surface area contributed by atoms with Crippen LogP contribution in [0.4, 0.5) is 0 Å². The van der Waals surface area contributed by atoms with E-state index in [4.69, 9.17) is 0 Å². The first-order chi connectivity index (χ1) is 4.95. The Kier molecular flexibility index (Phi) is 3.30. The van der Waals surface area contributed by atoms with E-state index in [-0.39, 0.29) is 11.4 Å². The van der Waals surface area contributed by atoms with E-state index >= 15 is 0 Å². The van der Waals surface area contributed by atoms with Gasteiger partial charge in [-0.15, -0.1) is 0 Å². The number of carbonyl (C=O) groups is 1. The van der Waals surface area contributed by atoms with E-state index in [0.29, 0.717) is 0 Å². The van der Waals surface area contributed by atoms with Crippen LogP contribution in [0.1, 0.15) is 20.3 Å². The first-order valence-corrected chi connectivity index (χ1v) is 3.71. The summed E-state index contributed by atoms with van der Waals surface area (Å²) >= 11 is 0. The van der Waals surface area contributed by atoms with Crippen molar-refractivity contribution >= 4 is 5.91 Å². The maximum Gasteiger partial charge on any atom is 0.246 e. The predicted molar refractivity (Wildman–Crippen MR) is 47.0 cm³/mol. The minimum atomic E-state index is -0.314. The summed E-state index contributed by atoms with van der Waals surface area (Å²) in [6.45, 7) is 11.3. The molecule has 0 fully saturated rings. The SMILES string of the molecule is [CH2]C(C)(CC)N(C)C(=O)C=C. The summed E-state index contributed by atoms with van der Waals surface area (Å²) in [5, 5.41) is 0. The van der Waals surface area contributed by atoms with Crippen LogP contribution in [-0.4, -0.2) is 23.4 Å². The Morgan fingerprint density at radius 1 is 1.73 bits per heavy atom. The molecule has 1 unspecified atom stereocenters. The number of hydrogen-bond acceptors (Lipinski definition) is 1. The maximum atomic E-state index is 11.1. The molecule has 0 aliphatic carbocycles. The van der Waals surface area contributed by atoms with Gasteiger partial charge in [0.1, 0.15) is 0 Å². The second-order valence-electron chi connectivity index (χ2n) is 2.95. The highest BCUT2D eigenvalue weighted by atomic mass is 16.2.